The Balaban J connectivity index is 1.67. The molecule has 6 nitrogen and oxygen atoms in total. The second-order valence-corrected chi connectivity index (χ2v) is 8.78. The maximum Gasteiger partial charge on any atom is 0.337 e. The van der Waals surface area contributed by atoms with Crippen molar-refractivity contribution in [3.8, 4) is 0 Å². The lowest BCUT2D eigenvalue weighted by molar-refractivity contribution is 0.0600. The van der Waals surface area contributed by atoms with Gasteiger partial charge < -0.3 is 9.47 Å². The van der Waals surface area contributed by atoms with E-state index in [0.29, 0.717) is 24.3 Å². The summed E-state index contributed by atoms with van der Waals surface area (Å²) in [6, 6.07) is 21.8. The molecule has 0 spiro atoms. The van der Waals surface area contributed by atoms with E-state index < -0.39 is 16.0 Å². The number of sulfonamides is 1. The van der Waals surface area contributed by atoms with E-state index in [0.717, 1.165) is 16.7 Å². The molecule has 162 valence electrons. The van der Waals surface area contributed by atoms with Crippen LogP contribution in [-0.2, 0) is 39.3 Å². The smallest absolute Gasteiger partial charge is 0.337 e. The molecule has 0 aliphatic carbocycles. The Morgan fingerprint density at radius 2 is 1.58 bits per heavy atom. The predicted octanol–water partition coefficient (Wildman–Crippen LogP) is 3.98. The van der Waals surface area contributed by atoms with Gasteiger partial charge in [-0.1, -0.05) is 54.6 Å². The fourth-order valence-corrected chi connectivity index (χ4v) is 4.40. The minimum Gasteiger partial charge on any atom is -0.465 e. The lowest BCUT2D eigenvalue weighted by atomic mass is 10.1. The minimum atomic E-state index is -3.76. The number of methoxy groups -OCH3 is 1. The number of benzene rings is 3. The fourth-order valence-electron chi connectivity index (χ4n) is 3.17. The number of hydrogen-bond donors (Lipinski definition) is 1. The molecule has 0 saturated heterocycles. The molecule has 31 heavy (non-hydrogen) atoms. The van der Waals surface area contributed by atoms with Crippen LogP contribution in [-0.4, -0.2) is 21.5 Å². The maximum atomic E-state index is 12.8. The van der Waals surface area contributed by atoms with Gasteiger partial charge in [0.25, 0.3) is 0 Å². The summed E-state index contributed by atoms with van der Waals surface area (Å²) < 4.78 is 38.8. The van der Waals surface area contributed by atoms with Crippen LogP contribution >= 0.6 is 0 Å². The molecule has 0 atom stereocenters. The van der Waals surface area contributed by atoms with Gasteiger partial charge in [0.05, 0.1) is 30.8 Å². The number of carbonyl (C=O) groups excluding carboxylic acids is 1. The van der Waals surface area contributed by atoms with Crippen molar-refractivity contribution in [1.29, 1.82) is 0 Å². The molecule has 3 aromatic carbocycles. The van der Waals surface area contributed by atoms with E-state index in [-0.39, 0.29) is 11.4 Å². The van der Waals surface area contributed by atoms with Crippen molar-refractivity contribution in [2.75, 3.05) is 7.11 Å². The Kier molecular flexibility index (Phi) is 7.57. The summed E-state index contributed by atoms with van der Waals surface area (Å²) in [5.41, 5.74) is 3.60. The van der Waals surface area contributed by atoms with Crippen LogP contribution in [0.3, 0.4) is 0 Å². The van der Waals surface area contributed by atoms with Gasteiger partial charge in [0.15, 0.2) is 0 Å². The van der Waals surface area contributed by atoms with Crippen LogP contribution in [0.5, 0.6) is 0 Å². The summed E-state index contributed by atoms with van der Waals surface area (Å²) in [5.74, 6) is -0.510. The summed E-state index contributed by atoms with van der Waals surface area (Å²) >= 11 is 0. The van der Waals surface area contributed by atoms with Gasteiger partial charge in [0, 0.05) is 6.54 Å². The van der Waals surface area contributed by atoms with Crippen LogP contribution < -0.4 is 4.72 Å². The Bertz CT molecular complexity index is 1140. The van der Waals surface area contributed by atoms with E-state index in [9.17, 15) is 13.2 Å². The van der Waals surface area contributed by atoms with Crippen LogP contribution in [0.2, 0.25) is 0 Å². The second kappa shape index (κ2) is 10.3. The van der Waals surface area contributed by atoms with Gasteiger partial charge in [0.2, 0.25) is 10.0 Å². The number of nitrogens with one attached hydrogen (secondary N) is 1. The van der Waals surface area contributed by atoms with Crippen molar-refractivity contribution in [3.05, 3.63) is 101 Å². The van der Waals surface area contributed by atoms with E-state index in [1.165, 1.54) is 25.3 Å². The van der Waals surface area contributed by atoms with Crippen molar-refractivity contribution in [2.24, 2.45) is 0 Å². The van der Waals surface area contributed by atoms with E-state index in [4.69, 9.17) is 4.74 Å². The largest absolute Gasteiger partial charge is 0.465 e. The molecule has 0 amide bonds. The molecule has 3 rings (SSSR count). The normalized spacial score (nSPS) is 11.3. The van der Waals surface area contributed by atoms with Crippen molar-refractivity contribution < 1.29 is 22.7 Å². The average molecular weight is 440 g/mol. The van der Waals surface area contributed by atoms with Crippen molar-refractivity contribution in [1.82, 2.24) is 4.72 Å². The summed E-state index contributed by atoms with van der Waals surface area (Å²) in [5, 5.41) is 0. The molecular formula is C24H25NO5S. The Morgan fingerprint density at radius 3 is 2.26 bits per heavy atom. The molecule has 1 N–H and O–H groups in total. The van der Waals surface area contributed by atoms with E-state index in [1.807, 2.05) is 54.6 Å². The first-order valence-corrected chi connectivity index (χ1v) is 11.3. The summed E-state index contributed by atoms with van der Waals surface area (Å²) in [4.78, 5) is 11.8. The Hall–Kier alpha value is -3.00. The van der Waals surface area contributed by atoms with E-state index in [2.05, 4.69) is 9.46 Å². The lowest BCUT2D eigenvalue weighted by Crippen LogP contribution is -2.24. The predicted molar refractivity (Wildman–Crippen MR) is 118 cm³/mol. The van der Waals surface area contributed by atoms with Gasteiger partial charge in [-0.3, -0.25) is 0 Å². The third-order valence-electron chi connectivity index (χ3n) is 4.83. The van der Waals surface area contributed by atoms with Crippen molar-refractivity contribution in [2.45, 2.75) is 31.6 Å². The number of rotatable bonds is 9. The maximum absolute atomic E-state index is 12.8. The molecule has 7 heteroatoms. The number of hydrogen-bond acceptors (Lipinski definition) is 5. The molecule has 0 radical (unpaired) electrons. The summed E-state index contributed by atoms with van der Waals surface area (Å²) in [6.07, 6.45) is 0. The molecule has 0 aliphatic rings. The summed E-state index contributed by atoms with van der Waals surface area (Å²) in [6.45, 7) is 2.63. The Labute approximate surface area is 182 Å². The molecule has 0 aromatic heterocycles. The quantitative estimate of drug-likeness (QED) is 0.510. The Morgan fingerprint density at radius 1 is 0.903 bits per heavy atom. The number of esters is 1. The molecule has 0 aliphatic heterocycles. The first-order chi connectivity index (χ1) is 14.9. The highest BCUT2D eigenvalue weighted by molar-refractivity contribution is 7.89. The van der Waals surface area contributed by atoms with E-state index >= 15 is 0 Å². The molecule has 0 unspecified atom stereocenters. The van der Waals surface area contributed by atoms with Crippen LogP contribution in [0.25, 0.3) is 0 Å². The third kappa shape index (κ3) is 6.01. The van der Waals surface area contributed by atoms with Crippen LogP contribution in [0.4, 0.5) is 0 Å². The van der Waals surface area contributed by atoms with Gasteiger partial charge in [0.1, 0.15) is 0 Å². The highest BCUT2D eigenvalue weighted by Crippen LogP contribution is 2.19. The van der Waals surface area contributed by atoms with Gasteiger partial charge >= 0.3 is 5.97 Å². The monoisotopic (exact) mass is 439 g/mol. The molecular weight excluding hydrogens is 414 g/mol. The second-order valence-electron chi connectivity index (χ2n) is 7.04. The first-order valence-electron chi connectivity index (χ1n) is 9.78. The SMILES string of the molecule is COC(=O)c1ccc(S(=O)(=O)NCc2ccccc2COCc2ccccc2)c(C)c1. The van der Waals surface area contributed by atoms with Crippen molar-refractivity contribution >= 4 is 16.0 Å². The van der Waals surface area contributed by atoms with Crippen LogP contribution in [0, 0.1) is 6.92 Å². The van der Waals surface area contributed by atoms with Gasteiger partial charge in [-0.05, 0) is 47.4 Å². The fraction of sp³-hybridized carbons (Fsp3) is 0.208. The first kappa shape index (κ1) is 22.7. The zero-order chi connectivity index (χ0) is 22.3. The number of carbonyl (C=O) groups is 1. The number of ether oxygens (including phenoxy) is 2. The molecule has 0 bridgehead atoms. The standard InChI is InChI=1S/C24H25NO5S/c1-18-14-20(24(26)29-2)12-13-23(18)31(27,28)25-15-21-10-6-7-11-22(21)17-30-16-19-8-4-3-5-9-19/h3-14,25H,15-17H2,1-2H3. The molecule has 3 aromatic rings. The van der Waals surface area contributed by atoms with Gasteiger partial charge in [-0.25, -0.2) is 17.9 Å². The van der Waals surface area contributed by atoms with Gasteiger partial charge in [-0.2, -0.15) is 0 Å². The molecule has 0 saturated carbocycles. The average Bonchev–Trinajstić information content (AvgIpc) is 2.78. The van der Waals surface area contributed by atoms with Crippen LogP contribution in [0.15, 0.2) is 77.7 Å². The van der Waals surface area contributed by atoms with Crippen molar-refractivity contribution in [3.63, 3.8) is 0 Å². The zero-order valence-corrected chi connectivity index (χ0v) is 18.3. The summed E-state index contributed by atoms with van der Waals surface area (Å²) in [7, 11) is -2.48. The number of aryl methyl sites for hydroxylation is 1. The molecule has 0 heterocycles. The third-order valence-corrected chi connectivity index (χ3v) is 6.39. The highest BCUT2D eigenvalue weighted by atomic mass is 32.2. The van der Waals surface area contributed by atoms with E-state index in [1.54, 1.807) is 6.92 Å². The topological polar surface area (TPSA) is 81.7 Å². The van der Waals surface area contributed by atoms with Gasteiger partial charge in [-0.15, -0.1) is 0 Å². The lowest BCUT2D eigenvalue weighted by Gasteiger charge is -2.13. The van der Waals surface area contributed by atoms with Crippen LogP contribution in [0.1, 0.15) is 32.6 Å². The zero-order valence-electron chi connectivity index (χ0n) is 17.5. The molecule has 0 fully saturated rings. The minimum absolute atomic E-state index is 0.123. The highest BCUT2D eigenvalue weighted by Gasteiger charge is 2.19.